The highest BCUT2D eigenvalue weighted by molar-refractivity contribution is 7.16. The van der Waals surface area contributed by atoms with Crippen molar-refractivity contribution in [3.05, 3.63) is 139 Å². The van der Waals surface area contributed by atoms with Crippen molar-refractivity contribution in [3.63, 3.8) is 0 Å². The number of ether oxygens (including phenoxy) is 1. The van der Waals surface area contributed by atoms with Crippen molar-refractivity contribution in [3.8, 4) is 21.1 Å². The maximum absolute atomic E-state index is 12.8. The standard InChI is InChI=1S/C24H25F3N2O2S.C14H12F3NOS.C11H15NO2/c1-14(2)22-20(13-28-19-10-6-16(15(3)12-19)7-11-21(30)31)32-23(29-22)17-4-8-18(9-5-17)24(25,26)27;1-8(2)12-11(7-19)20-13(18-12)9-3-5-10(6-4-9)14(15,16)17;1-8-7-10(12)5-3-9(8)4-6-11(13)14-2/h4-6,8-10,12,14,28H,7,11,13H2,1-3H3,(H,30,31);3-8H,1-2H3;3,5,7H,4,6,12H2,1-2H3. The van der Waals surface area contributed by atoms with E-state index in [1.54, 1.807) is 0 Å². The Hall–Kier alpha value is -6.07. The average Bonchev–Trinajstić information content (AvgIpc) is 3.91. The number of hydrogen-bond donors (Lipinski definition) is 3. The molecule has 0 spiro atoms. The third-order valence-electron chi connectivity index (χ3n) is 10.1. The lowest BCUT2D eigenvalue weighted by Crippen LogP contribution is -2.04. The summed E-state index contributed by atoms with van der Waals surface area (Å²) in [4.78, 5) is 43.3. The molecule has 0 amide bonds. The van der Waals surface area contributed by atoms with E-state index in [9.17, 15) is 40.7 Å². The molecule has 0 radical (unpaired) electrons. The minimum absolute atomic E-state index is 0.0923. The smallest absolute Gasteiger partial charge is 0.416 e. The second-order valence-electron chi connectivity index (χ2n) is 15.8. The Labute approximate surface area is 388 Å². The fourth-order valence-electron chi connectivity index (χ4n) is 6.48. The van der Waals surface area contributed by atoms with Gasteiger partial charge in [0.2, 0.25) is 0 Å². The molecule has 17 heteroatoms. The van der Waals surface area contributed by atoms with E-state index in [1.165, 1.54) is 54.0 Å². The van der Waals surface area contributed by atoms with Gasteiger partial charge in [0.05, 0.1) is 41.0 Å². The molecule has 0 aliphatic heterocycles. The average molecular weight is 955 g/mol. The van der Waals surface area contributed by atoms with Crippen LogP contribution in [0.2, 0.25) is 0 Å². The number of anilines is 2. The number of thiazole rings is 2. The zero-order valence-electron chi connectivity index (χ0n) is 37.5. The fraction of sp³-hybridized carbons (Fsp3) is 0.327. The summed E-state index contributed by atoms with van der Waals surface area (Å²) in [5.41, 5.74) is 13.1. The van der Waals surface area contributed by atoms with Crippen molar-refractivity contribution < 1.29 is 50.6 Å². The van der Waals surface area contributed by atoms with Crippen LogP contribution in [-0.4, -0.2) is 40.4 Å². The lowest BCUT2D eigenvalue weighted by atomic mass is 10.0. The first-order chi connectivity index (χ1) is 31.0. The first-order valence-electron chi connectivity index (χ1n) is 20.8. The number of halogens is 6. The van der Waals surface area contributed by atoms with Crippen LogP contribution in [0.1, 0.15) is 112 Å². The van der Waals surface area contributed by atoms with Gasteiger partial charge in [0, 0.05) is 40.2 Å². The topological polar surface area (TPSA) is 144 Å². The summed E-state index contributed by atoms with van der Waals surface area (Å²) >= 11 is 2.67. The number of nitrogens with one attached hydrogen (secondary N) is 1. The molecule has 0 unspecified atom stereocenters. The van der Waals surface area contributed by atoms with Crippen LogP contribution < -0.4 is 11.1 Å². The number of carbonyl (C=O) groups is 3. The quantitative estimate of drug-likeness (QED) is 0.0420. The molecule has 6 aromatic rings. The SMILES string of the molecule is CC(C)c1nc(-c2ccc(C(F)(F)F)cc2)sc1C=O.COC(=O)CCc1ccc(N)cc1C.Cc1cc(NCc2sc(-c3ccc(C(F)(F)F)cc3)nc2C(C)C)ccc1CCC(=O)O. The molecule has 2 heterocycles. The number of nitrogens with two attached hydrogens (primary N) is 1. The van der Waals surface area contributed by atoms with Crippen molar-refractivity contribution in [2.24, 2.45) is 0 Å². The Morgan fingerprint density at radius 3 is 1.65 bits per heavy atom. The highest BCUT2D eigenvalue weighted by Crippen LogP contribution is 2.36. The first-order valence-corrected chi connectivity index (χ1v) is 22.4. The summed E-state index contributed by atoms with van der Waals surface area (Å²) in [6.07, 6.45) is -6.26. The van der Waals surface area contributed by atoms with Gasteiger partial charge in [-0.1, -0.05) is 64.1 Å². The maximum atomic E-state index is 12.8. The number of nitrogen functional groups attached to an aromatic ring is 1. The Balaban J connectivity index is 0.000000238. The van der Waals surface area contributed by atoms with E-state index in [-0.39, 0.29) is 24.2 Å². The number of aldehydes is 1. The lowest BCUT2D eigenvalue weighted by molar-refractivity contribution is -0.141. The second kappa shape index (κ2) is 23.4. The van der Waals surface area contributed by atoms with E-state index in [0.717, 1.165) is 74.8 Å². The minimum atomic E-state index is -4.36. The van der Waals surface area contributed by atoms with Gasteiger partial charge in [-0.3, -0.25) is 14.4 Å². The number of aromatic nitrogens is 2. The second-order valence-corrected chi connectivity index (χ2v) is 17.9. The van der Waals surface area contributed by atoms with Crippen LogP contribution in [0.3, 0.4) is 0 Å². The molecule has 0 bridgehead atoms. The number of rotatable bonds is 14. The molecule has 4 aromatic carbocycles. The van der Waals surface area contributed by atoms with Crippen LogP contribution in [0.5, 0.6) is 0 Å². The van der Waals surface area contributed by atoms with Gasteiger partial charge in [0.25, 0.3) is 0 Å². The molecule has 66 heavy (non-hydrogen) atoms. The molecule has 2 aromatic heterocycles. The van der Waals surface area contributed by atoms with Crippen molar-refractivity contribution >= 4 is 52.3 Å². The van der Waals surface area contributed by atoms with Crippen molar-refractivity contribution in [1.29, 1.82) is 0 Å². The summed E-state index contributed by atoms with van der Waals surface area (Å²) in [6, 6.07) is 21.4. The van der Waals surface area contributed by atoms with Gasteiger partial charge in [0.15, 0.2) is 6.29 Å². The van der Waals surface area contributed by atoms with Crippen LogP contribution in [0.4, 0.5) is 37.7 Å². The fourth-order valence-corrected chi connectivity index (χ4v) is 8.68. The summed E-state index contributed by atoms with van der Waals surface area (Å²) < 4.78 is 80.6. The van der Waals surface area contributed by atoms with Crippen molar-refractivity contribution in [1.82, 2.24) is 9.97 Å². The van der Waals surface area contributed by atoms with E-state index in [1.807, 2.05) is 77.9 Å². The van der Waals surface area contributed by atoms with Crippen molar-refractivity contribution in [2.75, 3.05) is 18.2 Å². The Bertz CT molecular complexity index is 2570. The Morgan fingerprint density at radius 2 is 1.21 bits per heavy atom. The molecule has 6 rings (SSSR count). The summed E-state index contributed by atoms with van der Waals surface area (Å²) in [7, 11) is 1.40. The van der Waals surface area contributed by atoms with Crippen LogP contribution >= 0.6 is 22.7 Å². The number of methoxy groups -OCH3 is 1. The molecule has 0 atom stereocenters. The van der Waals surface area contributed by atoms with Gasteiger partial charge < -0.3 is 20.9 Å². The predicted octanol–water partition coefficient (Wildman–Crippen LogP) is 13.3. The first kappa shape index (κ1) is 52.6. The molecule has 0 aliphatic carbocycles. The summed E-state index contributed by atoms with van der Waals surface area (Å²) in [5, 5.41) is 13.5. The van der Waals surface area contributed by atoms with Gasteiger partial charge >= 0.3 is 24.3 Å². The minimum Gasteiger partial charge on any atom is -0.481 e. The predicted molar refractivity (Wildman–Crippen MR) is 249 cm³/mol. The van der Waals surface area contributed by atoms with Crippen LogP contribution in [0.15, 0.2) is 84.9 Å². The number of carboxylic acid groups (broad SMARTS) is 1. The monoisotopic (exact) mass is 954 g/mol. The molecule has 0 saturated heterocycles. The third-order valence-corrected chi connectivity index (χ3v) is 12.3. The van der Waals surface area contributed by atoms with Crippen LogP contribution in [0.25, 0.3) is 21.1 Å². The van der Waals surface area contributed by atoms with E-state index in [2.05, 4.69) is 15.0 Å². The van der Waals surface area contributed by atoms with Gasteiger partial charge in [-0.15, -0.1) is 22.7 Å². The number of carboxylic acids is 1. The van der Waals surface area contributed by atoms with E-state index >= 15 is 0 Å². The number of alkyl halides is 6. The van der Waals surface area contributed by atoms with Gasteiger partial charge in [0.1, 0.15) is 10.0 Å². The lowest BCUT2D eigenvalue weighted by Gasteiger charge is -2.11. The maximum Gasteiger partial charge on any atom is 0.416 e. The largest absolute Gasteiger partial charge is 0.481 e. The highest BCUT2D eigenvalue weighted by atomic mass is 32.1. The van der Waals surface area contributed by atoms with Gasteiger partial charge in [-0.2, -0.15) is 26.3 Å². The summed E-state index contributed by atoms with van der Waals surface area (Å²) in [6.45, 7) is 12.4. The van der Waals surface area contributed by atoms with Crippen LogP contribution in [-0.2, 0) is 46.1 Å². The molecule has 0 saturated carbocycles. The normalized spacial score (nSPS) is 11.4. The highest BCUT2D eigenvalue weighted by Gasteiger charge is 2.31. The van der Waals surface area contributed by atoms with E-state index < -0.39 is 29.4 Å². The van der Waals surface area contributed by atoms with Crippen molar-refractivity contribution in [2.45, 2.75) is 98.0 Å². The number of nitrogens with zero attached hydrogens (tertiary/aromatic N) is 2. The molecular formula is C49H52F6N4O5S2. The van der Waals surface area contributed by atoms with E-state index in [4.69, 9.17) is 15.8 Å². The molecular weight excluding hydrogens is 903 g/mol. The Kier molecular flexibility index (Phi) is 18.6. The number of hydrogen-bond acceptors (Lipinski definition) is 10. The van der Waals surface area contributed by atoms with Gasteiger partial charge in [-0.05, 0) is 109 Å². The molecule has 4 N–H and O–H groups in total. The van der Waals surface area contributed by atoms with Crippen LogP contribution in [0, 0.1) is 13.8 Å². The number of benzene rings is 4. The number of esters is 1. The molecule has 352 valence electrons. The summed E-state index contributed by atoms with van der Waals surface area (Å²) in [5.74, 6) is -0.732. The zero-order valence-corrected chi connectivity index (χ0v) is 39.1. The zero-order chi connectivity index (χ0) is 48.9. The number of aliphatic carboxylic acids is 1. The van der Waals surface area contributed by atoms with Gasteiger partial charge in [-0.25, -0.2) is 9.97 Å². The number of carbonyl (C=O) groups excluding carboxylic acids is 2. The number of aryl methyl sites for hydroxylation is 4. The molecule has 0 aliphatic rings. The third kappa shape index (κ3) is 15.3. The van der Waals surface area contributed by atoms with E-state index in [0.29, 0.717) is 57.5 Å². The molecule has 9 nitrogen and oxygen atoms in total. The molecule has 0 fully saturated rings. The Morgan fingerprint density at radius 1 is 0.727 bits per heavy atom.